The molecule has 0 unspecified atom stereocenters. The number of fused-ring (bicyclic) bond motifs is 2. The molecule has 10 heteroatoms. The van der Waals surface area contributed by atoms with Crippen LogP contribution in [0.3, 0.4) is 0 Å². The fraction of sp³-hybridized carbons (Fsp3) is 0.0147. The average molecular weight is 2040 g/mol. The minimum absolute atomic E-state index is 0.656. The molecule has 1 aliphatic carbocycles. The molecule has 0 atom stereocenters. The monoisotopic (exact) mass is 2040 g/mol. The Morgan fingerprint density at radius 2 is 0.548 bits per heavy atom. The number of hydrogen-bond donors (Lipinski definition) is 0. The third-order valence-corrected chi connectivity index (χ3v) is 27.6. The summed E-state index contributed by atoms with van der Waals surface area (Å²) in [4.78, 5) is 44.4. The van der Waals surface area contributed by atoms with Crippen molar-refractivity contribution >= 4 is 36.6 Å². The Kier molecular flexibility index (Phi) is 27.7. The fourth-order valence-corrected chi connectivity index (χ4v) is 19.4. The summed E-state index contributed by atoms with van der Waals surface area (Å²) >= 11 is 1.37. The predicted octanol–water partition coefficient (Wildman–Crippen LogP) is 34.1. The van der Waals surface area contributed by atoms with Crippen molar-refractivity contribution in [1.82, 2.24) is 44.9 Å². The van der Waals surface area contributed by atoms with Crippen LogP contribution in [-0.2, 0) is 19.4 Å². The van der Waals surface area contributed by atoms with Gasteiger partial charge in [0, 0.05) is 74.9 Å². The van der Waals surface area contributed by atoms with Gasteiger partial charge in [-0.1, -0.05) is 267 Å². The SMILES string of the molecule is [CH-]=C(C=C[C](=[W])c1cc(-c2cc(C3=CC=CCC3)nc(-c3ccccc3)c2)cc(-c2ccccn2)c1)c1ccccc1.c1ccc(-c2ccc(-c3cc(-c4ccc(-c5ccccn5)cc4)nc(-c4cc(-c5cccc6ccccc56)cc(-c5cccc6ccccc56)c4)n3)cc2)nc1.c1ccc(-c2ccnc(-c3cc(-c4cc(-c5ccccc5)nc(-c5ccccc5)c4)cc(-c4cc(-c5ccccc5)ccn4)c3)c2)cc1. The molecule has 8 heterocycles. The van der Waals surface area contributed by atoms with E-state index in [1.807, 2.05) is 146 Å². The molecule has 0 radical (unpaired) electrons. The summed E-state index contributed by atoms with van der Waals surface area (Å²) in [7, 11) is 0. The number of pyridine rings is 7. The van der Waals surface area contributed by atoms with Crippen molar-refractivity contribution in [3.8, 4) is 191 Å². The van der Waals surface area contributed by atoms with Crippen molar-refractivity contribution in [2.75, 3.05) is 0 Å². The van der Waals surface area contributed by atoms with Crippen LogP contribution in [0.15, 0.2) is 541 Å². The second-order valence-corrected chi connectivity index (χ2v) is 37.4. The van der Waals surface area contributed by atoms with Crippen LogP contribution in [0.4, 0.5) is 0 Å². The average Bonchev–Trinajstić information content (AvgIpc) is 0.789. The van der Waals surface area contributed by atoms with Gasteiger partial charge < -0.3 is 0 Å². The molecule has 9 nitrogen and oxygen atoms in total. The molecule has 0 fully saturated rings. The molecule has 24 rings (SSSR count). The first kappa shape index (κ1) is 92.5. The fourth-order valence-electron chi connectivity index (χ4n) is 18.7. The molecule has 15 aromatic carbocycles. The van der Waals surface area contributed by atoms with Gasteiger partial charge >= 0.3 is 260 Å². The van der Waals surface area contributed by atoms with Gasteiger partial charge in [-0.15, -0.1) is 0 Å². The Balaban J connectivity index is 0.000000126. The zero-order chi connectivity index (χ0) is 98.1. The van der Waals surface area contributed by atoms with E-state index in [1.165, 1.54) is 50.4 Å². The Bertz CT molecular complexity index is 8390. The van der Waals surface area contributed by atoms with Gasteiger partial charge in [0.05, 0.1) is 45.6 Å². The van der Waals surface area contributed by atoms with E-state index in [1.54, 1.807) is 0 Å². The first-order chi connectivity index (χ1) is 72.1. The van der Waals surface area contributed by atoms with Crippen LogP contribution in [0, 0.1) is 6.58 Å². The molecule has 0 saturated heterocycles. The topological polar surface area (TPSA) is 116 Å². The molecule has 0 saturated carbocycles. The molecule has 23 aromatic rings. The molecule has 8 aromatic heterocycles. The number of allylic oxidation sites excluding steroid dienone is 7. The number of rotatable bonds is 22. The molecule has 0 N–H and O–H groups in total. The minimum atomic E-state index is 0.656. The van der Waals surface area contributed by atoms with Gasteiger partial charge in [-0.3, -0.25) is 19.9 Å². The van der Waals surface area contributed by atoms with Crippen LogP contribution in [0.1, 0.15) is 29.7 Å². The van der Waals surface area contributed by atoms with Gasteiger partial charge in [-0.05, 0) is 180 Å². The second-order valence-electron chi connectivity index (χ2n) is 35.8. The normalized spacial score (nSPS) is 11.5. The summed E-state index contributed by atoms with van der Waals surface area (Å²) in [6, 6.07) is 167. The Labute approximate surface area is 861 Å². The van der Waals surface area contributed by atoms with Crippen LogP contribution in [-0.4, -0.2) is 48.8 Å². The summed E-state index contributed by atoms with van der Waals surface area (Å²) in [6.07, 6.45) is 22.0. The Morgan fingerprint density at radius 1 is 0.219 bits per heavy atom. The quantitative estimate of drug-likeness (QED) is 0.0483. The van der Waals surface area contributed by atoms with Crippen molar-refractivity contribution in [2.45, 2.75) is 12.8 Å². The third kappa shape index (κ3) is 21.5. The number of nitrogens with zero attached hydrogens (tertiary/aromatic N) is 9. The zero-order valence-electron chi connectivity index (χ0n) is 79.8. The third-order valence-electron chi connectivity index (χ3n) is 26.2. The van der Waals surface area contributed by atoms with Gasteiger partial charge in [0.1, 0.15) is 0 Å². The minimum Gasteiger partial charge on any atom is -0.256 e. The van der Waals surface area contributed by atoms with Crippen LogP contribution in [0.5, 0.6) is 0 Å². The van der Waals surface area contributed by atoms with Gasteiger partial charge in [0.25, 0.3) is 0 Å². The molecular weight excluding hydrogens is 1940 g/mol. The first-order valence-electron chi connectivity index (χ1n) is 48.9. The van der Waals surface area contributed by atoms with Gasteiger partial charge in [0.2, 0.25) is 0 Å². The van der Waals surface area contributed by atoms with E-state index in [0.29, 0.717) is 5.82 Å². The maximum atomic E-state index is 6.42. The molecule has 0 bridgehead atoms. The molecule has 1 aliphatic rings. The van der Waals surface area contributed by atoms with E-state index < -0.39 is 0 Å². The maximum absolute atomic E-state index is 6.42. The van der Waals surface area contributed by atoms with Crippen LogP contribution < -0.4 is 0 Å². The van der Waals surface area contributed by atoms with E-state index >= 15 is 0 Å². The largest absolute Gasteiger partial charge is 0.256 e. The van der Waals surface area contributed by atoms with Gasteiger partial charge in [-0.25, -0.2) is 15.0 Å². The number of hydrogen-bond acceptors (Lipinski definition) is 9. The van der Waals surface area contributed by atoms with E-state index in [9.17, 15) is 0 Å². The molecular formula is C136H94N9W-. The van der Waals surface area contributed by atoms with Crippen molar-refractivity contribution in [2.24, 2.45) is 0 Å². The molecule has 0 aliphatic heterocycles. The maximum Gasteiger partial charge on any atom is 0.160 e. The molecule has 0 amide bonds. The van der Waals surface area contributed by atoms with Crippen LogP contribution in [0.2, 0.25) is 0 Å². The predicted molar refractivity (Wildman–Crippen MR) is 601 cm³/mol. The van der Waals surface area contributed by atoms with E-state index in [0.717, 1.165) is 220 Å². The second kappa shape index (κ2) is 43.7. The molecule has 0 spiro atoms. The number of aromatic nitrogens is 9. The first-order valence-corrected chi connectivity index (χ1v) is 50.4. The van der Waals surface area contributed by atoms with Crippen molar-refractivity contribution in [3.63, 3.8) is 0 Å². The molecule has 146 heavy (non-hydrogen) atoms. The van der Waals surface area contributed by atoms with Crippen molar-refractivity contribution in [3.05, 3.63) is 564 Å². The molecule has 690 valence electrons. The van der Waals surface area contributed by atoms with Crippen molar-refractivity contribution < 1.29 is 19.4 Å². The summed E-state index contributed by atoms with van der Waals surface area (Å²) in [5.74, 6) is 0.656. The summed E-state index contributed by atoms with van der Waals surface area (Å²) in [5, 5.41) is 4.80. The van der Waals surface area contributed by atoms with E-state index in [2.05, 4.69) is 409 Å². The summed E-state index contributed by atoms with van der Waals surface area (Å²) < 4.78 is 1.20. The van der Waals surface area contributed by atoms with E-state index in [4.69, 9.17) is 36.5 Å². The van der Waals surface area contributed by atoms with Crippen LogP contribution >= 0.6 is 0 Å². The number of benzene rings is 15. The van der Waals surface area contributed by atoms with Gasteiger partial charge in [-0.2, -0.15) is 0 Å². The van der Waals surface area contributed by atoms with Gasteiger partial charge in [0.15, 0.2) is 5.82 Å². The van der Waals surface area contributed by atoms with Crippen LogP contribution in [0.25, 0.3) is 223 Å². The summed E-state index contributed by atoms with van der Waals surface area (Å²) in [5.41, 5.74) is 39.2. The smallest absolute Gasteiger partial charge is 0.160 e. The van der Waals surface area contributed by atoms with E-state index in [-0.39, 0.29) is 0 Å². The Morgan fingerprint density at radius 3 is 0.993 bits per heavy atom. The van der Waals surface area contributed by atoms with Crippen molar-refractivity contribution in [1.29, 1.82) is 0 Å². The summed E-state index contributed by atoms with van der Waals surface area (Å²) in [6.45, 7) is 6.42. The standard InChI is InChI=1S/C52H34N4.C45H31N3.C39H29N2.W/c1-3-15-44-35(11-1)13-9-17-46(44)41-31-42(47-18-10-14-36-12-2-4-16-45(36)47)33-43(32-41)52-55-50(39-25-21-37(22-26-39)48-19-5-7-29-53-48)34-51(56-52)40-27-23-38(24-28-40)49-20-6-8-30-54-49;1-5-13-32(14-6-1)36-21-23-46-42(28-36)40-25-38(26-41(27-40)43-29-37(22-24-47-43)33-15-7-2-8-16-33)39-30-44(34-17-9-3-10-18-34)48-45(31-39)35-19-11-4-12-20-35;1-29(31-16-5-2-6-17-31)14-13-15-30-24-34(26-36(25-30)37-22-11-12-23-40-37)35-27-38(32-18-7-3-8-19-32)41-39(28-35)33-20-9-4-10-21-33;/h1-34H;1-31H;1-9,11-14,16-20,22-28H,10,21H2;/q;;-1;. The zero-order valence-corrected chi connectivity index (χ0v) is 82.7. The Hall–Kier alpha value is -18.5.